The number of aryl methyl sites for hydroxylation is 1. The van der Waals surface area contributed by atoms with E-state index < -0.39 is 18.7 Å². The van der Waals surface area contributed by atoms with Gasteiger partial charge in [-0.1, -0.05) is 5.21 Å². The Morgan fingerprint density at radius 1 is 1.32 bits per heavy atom. The van der Waals surface area contributed by atoms with E-state index in [9.17, 15) is 18.0 Å². The van der Waals surface area contributed by atoms with Crippen molar-refractivity contribution in [2.45, 2.75) is 38.9 Å². The van der Waals surface area contributed by atoms with Gasteiger partial charge in [-0.15, -0.1) is 5.10 Å². The number of carbonyl (C=O) groups excluding carboxylic acids is 1. The molecule has 28 heavy (non-hydrogen) atoms. The van der Waals surface area contributed by atoms with Crippen molar-refractivity contribution < 1.29 is 22.7 Å². The van der Waals surface area contributed by atoms with Gasteiger partial charge in [0, 0.05) is 5.69 Å². The zero-order valence-corrected chi connectivity index (χ0v) is 15.6. The molecule has 0 atom stereocenters. The van der Waals surface area contributed by atoms with Crippen LogP contribution < -0.4 is 15.4 Å². The van der Waals surface area contributed by atoms with Gasteiger partial charge in [0.15, 0.2) is 12.3 Å². The van der Waals surface area contributed by atoms with Gasteiger partial charge in [0.05, 0.1) is 11.7 Å². The summed E-state index contributed by atoms with van der Waals surface area (Å²) in [6, 6.07) is 4.65. The summed E-state index contributed by atoms with van der Waals surface area (Å²) in [6.07, 6.45) is -2.56. The van der Waals surface area contributed by atoms with Crippen molar-refractivity contribution in [1.29, 1.82) is 0 Å². The molecule has 1 fully saturated rings. The van der Waals surface area contributed by atoms with E-state index in [1.807, 2.05) is 0 Å². The van der Waals surface area contributed by atoms with E-state index in [1.165, 1.54) is 12.1 Å². The van der Waals surface area contributed by atoms with Crippen LogP contribution in [0.25, 0.3) is 0 Å². The van der Waals surface area contributed by atoms with Crippen LogP contribution in [-0.2, 0) is 0 Å². The largest absolute Gasteiger partial charge is 0.484 e. The Hall–Kier alpha value is -2.62. The molecule has 1 aliphatic heterocycles. The Kier molecular flexibility index (Phi) is 5.87. The number of benzene rings is 1. The molecule has 0 saturated carbocycles. The third-order valence-electron chi connectivity index (χ3n) is 4.62. The molecule has 152 valence electrons. The molecule has 7 nitrogen and oxygen atoms in total. The molecule has 0 aliphatic carbocycles. The molecular formula is C18H22F3N5O2. The van der Waals surface area contributed by atoms with E-state index in [0.717, 1.165) is 25.9 Å². The lowest BCUT2D eigenvalue weighted by molar-refractivity contribution is -0.153. The van der Waals surface area contributed by atoms with E-state index in [-0.39, 0.29) is 17.5 Å². The highest BCUT2D eigenvalue weighted by molar-refractivity contribution is 6.03. The van der Waals surface area contributed by atoms with Crippen LogP contribution in [0.5, 0.6) is 5.75 Å². The minimum absolute atomic E-state index is 0.114. The van der Waals surface area contributed by atoms with Crippen LogP contribution >= 0.6 is 0 Å². The fourth-order valence-electron chi connectivity index (χ4n) is 3.19. The predicted octanol–water partition coefficient (Wildman–Crippen LogP) is 3.01. The van der Waals surface area contributed by atoms with Crippen molar-refractivity contribution in [3.63, 3.8) is 0 Å². The Morgan fingerprint density at radius 2 is 2.04 bits per heavy atom. The molecule has 1 aromatic carbocycles. The molecule has 1 saturated heterocycles. The Labute approximate surface area is 160 Å². The van der Waals surface area contributed by atoms with Gasteiger partial charge in [-0.05, 0) is 63.5 Å². The van der Waals surface area contributed by atoms with Gasteiger partial charge in [-0.2, -0.15) is 13.2 Å². The second-order valence-corrected chi connectivity index (χ2v) is 6.79. The van der Waals surface area contributed by atoms with Crippen LogP contribution in [0.2, 0.25) is 0 Å². The number of hydrogen-bond donors (Lipinski definition) is 2. The number of hydrogen-bond acceptors (Lipinski definition) is 5. The third kappa shape index (κ3) is 4.80. The number of alkyl halides is 3. The molecule has 0 radical (unpaired) electrons. The molecule has 1 aliphatic rings. The van der Waals surface area contributed by atoms with Gasteiger partial charge < -0.3 is 15.4 Å². The van der Waals surface area contributed by atoms with Gasteiger partial charge in [0.25, 0.3) is 5.91 Å². The first-order valence-electron chi connectivity index (χ1n) is 8.98. The molecular weight excluding hydrogens is 375 g/mol. The zero-order chi connectivity index (χ0) is 20.3. The molecule has 10 heteroatoms. The number of halogens is 3. The van der Waals surface area contributed by atoms with E-state index in [0.29, 0.717) is 16.9 Å². The molecule has 3 rings (SSSR count). The van der Waals surface area contributed by atoms with Crippen molar-refractivity contribution in [2.75, 3.05) is 25.0 Å². The van der Waals surface area contributed by atoms with E-state index in [1.54, 1.807) is 24.6 Å². The highest BCUT2D eigenvalue weighted by Gasteiger charge is 2.28. The maximum atomic E-state index is 12.6. The Bertz CT molecular complexity index is 844. The highest BCUT2D eigenvalue weighted by atomic mass is 19.4. The number of amides is 1. The third-order valence-corrected chi connectivity index (χ3v) is 4.62. The fraction of sp³-hybridized carbons (Fsp3) is 0.500. The number of anilines is 1. The van der Waals surface area contributed by atoms with Crippen LogP contribution in [0.15, 0.2) is 18.2 Å². The topological polar surface area (TPSA) is 81.1 Å². The number of ether oxygens (including phenoxy) is 1. The molecule has 0 spiro atoms. The first kappa shape index (κ1) is 20.1. The second-order valence-electron chi connectivity index (χ2n) is 6.79. The second kappa shape index (κ2) is 8.17. The highest BCUT2D eigenvalue weighted by Crippen LogP contribution is 2.25. The van der Waals surface area contributed by atoms with Crippen molar-refractivity contribution in [1.82, 2.24) is 20.3 Å². The zero-order valence-electron chi connectivity index (χ0n) is 15.6. The summed E-state index contributed by atoms with van der Waals surface area (Å²) in [5, 5.41) is 14.1. The van der Waals surface area contributed by atoms with Gasteiger partial charge in [-0.25, -0.2) is 4.68 Å². The van der Waals surface area contributed by atoms with Crippen LogP contribution in [0, 0.1) is 13.8 Å². The first-order chi connectivity index (χ1) is 13.2. The maximum absolute atomic E-state index is 12.6. The molecule has 2 aromatic rings. The van der Waals surface area contributed by atoms with Crippen molar-refractivity contribution >= 4 is 11.6 Å². The standard InChI is InChI=1S/C18H22F3N5O2/c1-11-9-13(3-4-15(11)28-10-18(19,20)21)23-17(27)16-12(2)26(25-24-16)14-5-7-22-8-6-14/h3-4,9,14,22H,5-8,10H2,1-2H3,(H,23,27). The van der Waals surface area contributed by atoms with Crippen LogP contribution in [-0.4, -0.2) is 46.8 Å². The molecule has 0 bridgehead atoms. The molecule has 2 N–H and O–H groups in total. The minimum Gasteiger partial charge on any atom is -0.484 e. The van der Waals surface area contributed by atoms with Crippen molar-refractivity contribution in [3.05, 3.63) is 35.2 Å². The summed E-state index contributed by atoms with van der Waals surface area (Å²) >= 11 is 0. The van der Waals surface area contributed by atoms with Crippen molar-refractivity contribution in [2.24, 2.45) is 0 Å². The summed E-state index contributed by atoms with van der Waals surface area (Å²) in [4.78, 5) is 12.6. The number of carbonyl (C=O) groups is 1. The molecule has 0 unspecified atom stereocenters. The molecule has 1 aromatic heterocycles. The van der Waals surface area contributed by atoms with Crippen LogP contribution in [0.3, 0.4) is 0 Å². The SMILES string of the molecule is Cc1cc(NC(=O)c2nnn(C3CCNCC3)c2C)ccc1OCC(F)(F)F. The number of nitrogens with one attached hydrogen (secondary N) is 2. The van der Waals surface area contributed by atoms with Crippen LogP contribution in [0.4, 0.5) is 18.9 Å². The average Bonchev–Trinajstić information content (AvgIpc) is 3.02. The average molecular weight is 397 g/mol. The summed E-state index contributed by atoms with van der Waals surface area (Å²) in [5.41, 5.74) is 1.84. The summed E-state index contributed by atoms with van der Waals surface area (Å²) in [7, 11) is 0. The summed E-state index contributed by atoms with van der Waals surface area (Å²) in [5.74, 6) is -0.301. The Morgan fingerprint density at radius 3 is 2.68 bits per heavy atom. The number of rotatable bonds is 5. The molecule has 1 amide bonds. The number of nitrogens with zero attached hydrogens (tertiary/aromatic N) is 3. The van der Waals surface area contributed by atoms with E-state index in [2.05, 4.69) is 20.9 Å². The quantitative estimate of drug-likeness (QED) is 0.811. The van der Waals surface area contributed by atoms with E-state index >= 15 is 0 Å². The van der Waals surface area contributed by atoms with Gasteiger partial charge >= 0.3 is 6.18 Å². The van der Waals surface area contributed by atoms with Crippen molar-refractivity contribution in [3.8, 4) is 5.75 Å². The van der Waals surface area contributed by atoms with Gasteiger partial charge in [-0.3, -0.25) is 4.79 Å². The maximum Gasteiger partial charge on any atom is 0.422 e. The number of piperidine rings is 1. The fourth-order valence-corrected chi connectivity index (χ4v) is 3.19. The minimum atomic E-state index is -4.41. The summed E-state index contributed by atoms with van der Waals surface area (Å²) < 4.78 is 43.4. The Balaban J connectivity index is 1.68. The van der Waals surface area contributed by atoms with E-state index in [4.69, 9.17) is 4.74 Å². The molecule has 2 heterocycles. The monoisotopic (exact) mass is 397 g/mol. The summed E-state index contributed by atoms with van der Waals surface area (Å²) in [6.45, 7) is 3.84. The number of aromatic nitrogens is 3. The predicted molar refractivity (Wildman–Crippen MR) is 96.6 cm³/mol. The lowest BCUT2D eigenvalue weighted by Gasteiger charge is -2.23. The van der Waals surface area contributed by atoms with Crippen LogP contribution in [0.1, 0.15) is 40.6 Å². The normalized spacial score (nSPS) is 15.5. The van der Waals surface area contributed by atoms with Gasteiger partial charge in [0.2, 0.25) is 0 Å². The first-order valence-corrected chi connectivity index (χ1v) is 8.98. The van der Waals surface area contributed by atoms with Gasteiger partial charge in [0.1, 0.15) is 5.75 Å². The lowest BCUT2D eigenvalue weighted by Crippen LogP contribution is -2.30. The lowest BCUT2D eigenvalue weighted by atomic mass is 10.1. The smallest absolute Gasteiger partial charge is 0.422 e.